The number of nitrogens with zero attached hydrogens (tertiary/aromatic N) is 4. The Morgan fingerprint density at radius 2 is 1.60 bits per heavy atom. The number of aromatic nitrogens is 2. The van der Waals surface area contributed by atoms with Crippen molar-refractivity contribution in [2.45, 2.75) is 56.5 Å². The van der Waals surface area contributed by atoms with Crippen LogP contribution in [0.25, 0.3) is 22.4 Å². The van der Waals surface area contributed by atoms with Gasteiger partial charge in [0.25, 0.3) is 0 Å². The van der Waals surface area contributed by atoms with Gasteiger partial charge in [0.1, 0.15) is 17.6 Å². The lowest BCUT2D eigenvalue weighted by Crippen LogP contribution is -2.47. The number of rotatable bonds is 7. The van der Waals surface area contributed by atoms with Crippen LogP contribution >= 0.6 is 0 Å². The minimum absolute atomic E-state index is 0.146. The van der Waals surface area contributed by atoms with Crippen molar-refractivity contribution >= 4 is 29.0 Å². The van der Waals surface area contributed by atoms with E-state index in [4.69, 9.17) is 5.73 Å². The third-order valence-electron chi connectivity index (χ3n) is 10.1. The molecule has 7 rings (SSSR count). The number of benzene rings is 3. The van der Waals surface area contributed by atoms with Crippen LogP contribution in [0.15, 0.2) is 72.8 Å². The zero-order valence-corrected chi connectivity index (χ0v) is 26.7. The number of piperidine rings is 3. The number of para-hydroxylation sites is 1. The standard InChI is InChI=1S/C37H40FN7O3/c38-31-21-25(40-32-11-12-35(47)41-37(32)48)7-10-28(31)24-13-17-44(18-14-24)27-15-19-45(20-16-27)26-8-5-23(6-9-26)30-22-33(42-43-36(30)39)29-3-1-2-4-34(29)46/h1-10,21-22,24,27,32,40,46H,11-20H2,(H2,39,43)(H,41,47,48). The maximum absolute atomic E-state index is 15.2. The number of likely N-dealkylation sites (tertiary alicyclic amines) is 1. The van der Waals surface area contributed by atoms with Gasteiger partial charge in [-0.1, -0.05) is 30.3 Å². The Morgan fingerprint density at radius 3 is 2.31 bits per heavy atom. The van der Waals surface area contributed by atoms with E-state index in [0.717, 1.165) is 68.6 Å². The molecule has 1 unspecified atom stereocenters. The second-order valence-corrected chi connectivity index (χ2v) is 13.0. The highest BCUT2D eigenvalue weighted by Crippen LogP contribution is 2.35. The molecule has 0 saturated carbocycles. The maximum atomic E-state index is 15.2. The maximum Gasteiger partial charge on any atom is 0.249 e. The molecule has 3 fully saturated rings. The number of imide groups is 1. The largest absolute Gasteiger partial charge is 0.507 e. The van der Waals surface area contributed by atoms with Crippen molar-refractivity contribution in [2.24, 2.45) is 0 Å². The minimum atomic E-state index is -0.531. The van der Waals surface area contributed by atoms with Gasteiger partial charge in [-0.25, -0.2) is 4.39 Å². The predicted molar refractivity (Wildman–Crippen MR) is 184 cm³/mol. The molecule has 10 nitrogen and oxygen atoms in total. The summed E-state index contributed by atoms with van der Waals surface area (Å²) in [6.45, 7) is 3.83. The summed E-state index contributed by atoms with van der Waals surface area (Å²) in [7, 11) is 0. The summed E-state index contributed by atoms with van der Waals surface area (Å²) >= 11 is 0. The number of nitrogens with one attached hydrogen (secondary N) is 2. The van der Waals surface area contributed by atoms with Crippen LogP contribution in [0, 0.1) is 5.82 Å². The van der Waals surface area contributed by atoms with Crippen molar-refractivity contribution < 1.29 is 19.1 Å². The first-order valence-electron chi connectivity index (χ1n) is 16.7. The molecule has 4 aromatic rings. The number of hydrogen-bond acceptors (Lipinski definition) is 9. The SMILES string of the molecule is Nc1nnc(-c2ccccc2O)cc1-c1ccc(N2CCC(N3CCC(c4ccc(NC5CCC(=O)NC5=O)cc4F)CC3)CC2)cc1. The molecule has 0 bridgehead atoms. The molecule has 5 N–H and O–H groups in total. The number of nitrogens with two attached hydrogens (primary N) is 1. The van der Waals surface area contributed by atoms with E-state index in [9.17, 15) is 14.7 Å². The zero-order valence-electron chi connectivity index (χ0n) is 26.7. The Morgan fingerprint density at radius 1 is 0.854 bits per heavy atom. The lowest BCUT2D eigenvalue weighted by atomic mass is 9.87. The first-order chi connectivity index (χ1) is 23.3. The normalized spacial score (nSPS) is 19.7. The van der Waals surface area contributed by atoms with E-state index in [-0.39, 0.29) is 35.7 Å². The smallest absolute Gasteiger partial charge is 0.249 e. The molecule has 248 valence electrons. The first-order valence-corrected chi connectivity index (χ1v) is 16.7. The summed E-state index contributed by atoms with van der Waals surface area (Å²) in [6, 6.07) is 22.4. The second-order valence-electron chi connectivity index (χ2n) is 13.0. The second kappa shape index (κ2) is 13.6. The first kappa shape index (κ1) is 31.6. The summed E-state index contributed by atoms with van der Waals surface area (Å²) in [5.41, 5.74) is 11.6. The van der Waals surface area contributed by atoms with Crippen molar-refractivity contribution in [1.82, 2.24) is 20.4 Å². The molecular weight excluding hydrogens is 609 g/mol. The van der Waals surface area contributed by atoms with Gasteiger partial charge in [-0.3, -0.25) is 14.9 Å². The molecule has 0 aliphatic carbocycles. The summed E-state index contributed by atoms with van der Waals surface area (Å²) in [5, 5.41) is 24.0. The fourth-order valence-electron chi connectivity index (χ4n) is 7.35. The van der Waals surface area contributed by atoms with Gasteiger partial charge in [0.2, 0.25) is 11.8 Å². The topological polar surface area (TPSA) is 137 Å². The van der Waals surface area contributed by atoms with Crippen LogP contribution in [0.4, 0.5) is 21.6 Å². The molecule has 3 saturated heterocycles. The van der Waals surface area contributed by atoms with Crippen LogP contribution in [0.1, 0.15) is 50.0 Å². The number of halogens is 1. The number of amides is 2. The van der Waals surface area contributed by atoms with E-state index < -0.39 is 6.04 Å². The Labute approximate surface area is 279 Å². The molecule has 4 heterocycles. The number of aromatic hydroxyl groups is 1. The molecule has 48 heavy (non-hydrogen) atoms. The quantitative estimate of drug-likeness (QED) is 0.197. The molecule has 0 radical (unpaired) electrons. The van der Waals surface area contributed by atoms with E-state index in [1.165, 1.54) is 11.8 Å². The van der Waals surface area contributed by atoms with Crippen LogP contribution in [0.3, 0.4) is 0 Å². The van der Waals surface area contributed by atoms with Gasteiger partial charge in [-0.15, -0.1) is 10.2 Å². The van der Waals surface area contributed by atoms with E-state index in [1.807, 2.05) is 24.3 Å². The Balaban J connectivity index is 0.913. The highest BCUT2D eigenvalue weighted by Gasteiger charge is 2.31. The molecule has 3 aromatic carbocycles. The average molecular weight is 650 g/mol. The van der Waals surface area contributed by atoms with E-state index in [0.29, 0.717) is 35.2 Å². The number of nitrogen functional groups attached to an aromatic ring is 1. The number of carbonyl (C=O) groups is 2. The van der Waals surface area contributed by atoms with Gasteiger partial charge < -0.3 is 26.0 Å². The zero-order chi connectivity index (χ0) is 33.2. The molecule has 2 amide bonds. The third kappa shape index (κ3) is 6.68. The number of phenols is 1. The summed E-state index contributed by atoms with van der Waals surface area (Å²) in [5.74, 6) is -0.222. The molecule has 1 atom stereocenters. The van der Waals surface area contributed by atoms with E-state index in [1.54, 1.807) is 18.2 Å². The van der Waals surface area contributed by atoms with Gasteiger partial charge in [0.05, 0.1) is 5.69 Å². The lowest BCUT2D eigenvalue weighted by Gasteiger charge is -2.42. The fraction of sp³-hybridized carbons (Fsp3) is 0.351. The molecule has 3 aliphatic rings. The van der Waals surface area contributed by atoms with E-state index >= 15 is 4.39 Å². The van der Waals surface area contributed by atoms with Crippen molar-refractivity contribution in [3.05, 3.63) is 84.2 Å². The Hall–Kier alpha value is -5.03. The van der Waals surface area contributed by atoms with Crippen LogP contribution in [-0.4, -0.2) is 70.3 Å². The summed E-state index contributed by atoms with van der Waals surface area (Å²) in [6.07, 6.45) is 4.66. The molecule has 0 spiro atoms. The van der Waals surface area contributed by atoms with Gasteiger partial charge >= 0.3 is 0 Å². The van der Waals surface area contributed by atoms with Gasteiger partial charge in [0, 0.05) is 48.1 Å². The Kier molecular flexibility index (Phi) is 8.94. The van der Waals surface area contributed by atoms with Gasteiger partial charge in [-0.05, 0) is 105 Å². The van der Waals surface area contributed by atoms with Gasteiger partial charge in [-0.2, -0.15) is 0 Å². The van der Waals surface area contributed by atoms with Crippen molar-refractivity contribution in [3.8, 4) is 28.1 Å². The highest BCUT2D eigenvalue weighted by molar-refractivity contribution is 6.01. The number of hydrogen-bond donors (Lipinski definition) is 4. The molecule has 11 heteroatoms. The average Bonchev–Trinajstić information content (AvgIpc) is 3.10. The predicted octanol–water partition coefficient (Wildman–Crippen LogP) is 5.30. The lowest BCUT2D eigenvalue weighted by molar-refractivity contribution is -0.133. The third-order valence-corrected chi connectivity index (χ3v) is 10.1. The highest BCUT2D eigenvalue weighted by atomic mass is 19.1. The molecular formula is C37H40FN7O3. The van der Waals surface area contributed by atoms with Crippen LogP contribution in [0.2, 0.25) is 0 Å². The molecule has 3 aliphatic heterocycles. The van der Waals surface area contributed by atoms with Crippen LogP contribution in [-0.2, 0) is 9.59 Å². The fourth-order valence-corrected chi connectivity index (χ4v) is 7.35. The van der Waals surface area contributed by atoms with Crippen molar-refractivity contribution in [2.75, 3.05) is 42.1 Å². The summed E-state index contributed by atoms with van der Waals surface area (Å²) in [4.78, 5) is 28.5. The monoisotopic (exact) mass is 649 g/mol. The van der Waals surface area contributed by atoms with Crippen LogP contribution < -0.4 is 21.3 Å². The number of carbonyl (C=O) groups excluding carboxylic acids is 2. The van der Waals surface area contributed by atoms with E-state index in [2.05, 4.69) is 54.9 Å². The summed E-state index contributed by atoms with van der Waals surface area (Å²) < 4.78 is 15.2. The van der Waals surface area contributed by atoms with Crippen molar-refractivity contribution in [3.63, 3.8) is 0 Å². The van der Waals surface area contributed by atoms with Crippen molar-refractivity contribution in [1.29, 1.82) is 0 Å². The minimum Gasteiger partial charge on any atom is -0.507 e. The number of phenolic OH excluding ortho intramolecular Hbond substituents is 1. The Bertz CT molecular complexity index is 1800. The number of anilines is 3. The van der Waals surface area contributed by atoms with Crippen LogP contribution in [0.5, 0.6) is 5.75 Å². The molecule has 1 aromatic heterocycles. The van der Waals surface area contributed by atoms with Gasteiger partial charge in [0.15, 0.2) is 5.82 Å².